The quantitative estimate of drug-likeness (QED) is 0.811. The first-order valence-corrected chi connectivity index (χ1v) is 6.39. The third-order valence-electron chi connectivity index (χ3n) is 2.92. The number of nitrogens with one attached hydrogen (secondary N) is 1. The third kappa shape index (κ3) is 1.72. The molecule has 1 N–H and O–H groups in total. The molecule has 1 aliphatic heterocycles. The maximum atomic E-state index is 3.59. The molecule has 0 aliphatic carbocycles. The van der Waals surface area contributed by atoms with Crippen molar-refractivity contribution in [1.29, 1.82) is 0 Å². The lowest BCUT2D eigenvalue weighted by molar-refractivity contribution is 0.515. The van der Waals surface area contributed by atoms with Crippen molar-refractivity contribution in [2.24, 2.45) is 0 Å². The summed E-state index contributed by atoms with van der Waals surface area (Å²) in [7, 11) is 0. The molecule has 3 heteroatoms. The molecule has 1 heterocycles. The number of benzene rings is 1. The molecule has 1 aliphatic rings. The van der Waals surface area contributed by atoms with Crippen molar-refractivity contribution < 1.29 is 0 Å². The average molecular weight is 319 g/mol. The van der Waals surface area contributed by atoms with Gasteiger partial charge in [0.2, 0.25) is 0 Å². The molecule has 0 fully saturated rings. The molecule has 14 heavy (non-hydrogen) atoms. The summed E-state index contributed by atoms with van der Waals surface area (Å²) in [5, 5.41) is 3.59. The minimum Gasteiger partial charge on any atom is -0.378 e. The molecule has 1 atom stereocenters. The van der Waals surface area contributed by atoms with E-state index in [-0.39, 0.29) is 5.54 Å². The molecule has 1 unspecified atom stereocenters. The van der Waals surface area contributed by atoms with Crippen molar-refractivity contribution in [3.63, 3.8) is 0 Å². The van der Waals surface area contributed by atoms with Crippen molar-refractivity contribution in [3.05, 3.63) is 26.6 Å². The summed E-state index contributed by atoms with van der Waals surface area (Å²) in [4.78, 5) is 0. The minimum atomic E-state index is 0.228. The lowest BCUT2D eigenvalue weighted by Gasteiger charge is -2.23. The number of hydrogen-bond acceptors (Lipinski definition) is 1. The van der Waals surface area contributed by atoms with Crippen LogP contribution in [0.4, 0.5) is 5.69 Å². The Hall–Kier alpha value is -0.0200. The Morgan fingerprint density at radius 1 is 1.43 bits per heavy atom. The van der Waals surface area contributed by atoms with Crippen LogP contribution >= 0.6 is 31.9 Å². The smallest absolute Gasteiger partial charge is 0.0523 e. The van der Waals surface area contributed by atoms with Gasteiger partial charge in [0.05, 0.1) is 5.69 Å². The second-order valence-corrected chi connectivity index (χ2v) is 5.91. The maximum absolute atomic E-state index is 3.59. The van der Waals surface area contributed by atoms with Gasteiger partial charge in [0.25, 0.3) is 0 Å². The SMILES string of the molecule is CCC1(C)Cc2cc(Br)cc(Br)c2N1. The van der Waals surface area contributed by atoms with Crippen LogP contribution in [0.2, 0.25) is 0 Å². The molecule has 0 radical (unpaired) electrons. The summed E-state index contributed by atoms with van der Waals surface area (Å²) in [6.07, 6.45) is 2.25. The van der Waals surface area contributed by atoms with Crippen molar-refractivity contribution in [1.82, 2.24) is 0 Å². The molecule has 1 nitrogen and oxygen atoms in total. The van der Waals surface area contributed by atoms with Crippen LogP contribution in [0.15, 0.2) is 21.1 Å². The summed E-state index contributed by atoms with van der Waals surface area (Å²) in [5.74, 6) is 0. The van der Waals surface area contributed by atoms with Gasteiger partial charge in [-0.2, -0.15) is 0 Å². The predicted molar refractivity (Wildman–Crippen MR) is 67.9 cm³/mol. The molecule has 76 valence electrons. The molecular weight excluding hydrogens is 306 g/mol. The Bertz CT molecular complexity index is 376. The van der Waals surface area contributed by atoms with Gasteiger partial charge in [-0.25, -0.2) is 0 Å². The van der Waals surface area contributed by atoms with Gasteiger partial charge in [-0.15, -0.1) is 0 Å². The van der Waals surface area contributed by atoms with Gasteiger partial charge >= 0.3 is 0 Å². The predicted octanol–water partition coefficient (Wildman–Crippen LogP) is 4.35. The second kappa shape index (κ2) is 3.53. The number of anilines is 1. The van der Waals surface area contributed by atoms with Crippen LogP contribution in [0.3, 0.4) is 0 Å². The normalized spacial score (nSPS) is 24.6. The van der Waals surface area contributed by atoms with E-state index >= 15 is 0 Å². The molecule has 0 spiro atoms. The van der Waals surface area contributed by atoms with E-state index in [2.05, 4.69) is 63.2 Å². The van der Waals surface area contributed by atoms with Gasteiger partial charge in [-0.3, -0.25) is 0 Å². The molecule has 0 saturated heterocycles. The highest BCUT2D eigenvalue weighted by molar-refractivity contribution is 9.11. The molecule has 0 amide bonds. The lowest BCUT2D eigenvalue weighted by atomic mass is 9.95. The van der Waals surface area contributed by atoms with Gasteiger partial charge in [0.15, 0.2) is 0 Å². The Morgan fingerprint density at radius 3 is 2.79 bits per heavy atom. The first-order chi connectivity index (χ1) is 6.54. The molecular formula is C11H13Br2N. The van der Waals surface area contributed by atoms with Crippen molar-refractivity contribution in [2.45, 2.75) is 32.2 Å². The highest BCUT2D eigenvalue weighted by atomic mass is 79.9. The van der Waals surface area contributed by atoms with E-state index in [9.17, 15) is 0 Å². The van der Waals surface area contributed by atoms with E-state index in [1.807, 2.05) is 0 Å². The van der Waals surface area contributed by atoms with Crippen LogP contribution in [-0.2, 0) is 6.42 Å². The van der Waals surface area contributed by atoms with Crippen LogP contribution in [0.1, 0.15) is 25.8 Å². The fraction of sp³-hybridized carbons (Fsp3) is 0.455. The lowest BCUT2D eigenvalue weighted by Crippen LogP contribution is -2.30. The van der Waals surface area contributed by atoms with Crippen LogP contribution in [0.5, 0.6) is 0 Å². The van der Waals surface area contributed by atoms with Crippen LogP contribution in [0, 0.1) is 0 Å². The van der Waals surface area contributed by atoms with Crippen molar-refractivity contribution >= 4 is 37.5 Å². The summed E-state index contributed by atoms with van der Waals surface area (Å²) < 4.78 is 2.30. The third-order valence-corrected chi connectivity index (χ3v) is 4.01. The molecule has 0 saturated carbocycles. The Morgan fingerprint density at radius 2 is 2.14 bits per heavy atom. The fourth-order valence-electron chi connectivity index (χ4n) is 1.89. The van der Waals surface area contributed by atoms with Crippen molar-refractivity contribution in [2.75, 3.05) is 5.32 Å². The minimum absolute atomic E-state index is 0.228. The summed E-state index contributed by atoms with van der Waals surface area (Å²) in [5.41, 5.74) is 2.89. The number of halogens is 2. The molecule has 1 aromatic carbocycles. The highest BCUT2D eigenvalue weighted by Crippen LogP contribution is 2.40. The van der Waals surface area contributed by atoms with E-state index in [1.54, 1.807) is 0 Å². The zero-order valence-electron chi connectivity index (χ0n) is 8.32. The highest BCUT2D eigenvalue weighted by Gasteiger charge is 2.31. The van der Waals surface area contributed by atoms with Gasteiger partial charge < -0.3 is 5.32 Å². The van der Waals surface area contributed by atoms with Crippen LogP contribution in [-0.4, -0.2) is 5.54 Å². The van der Waals surface area contributed by atoms with Crippen LogP contribution < -0.4 is 5.32 Å². The van der Waals surface area contributed by atoms with Gasteiger partial charge in [-0.1, -0.05) is 22.9 Å². The first-order valence-electron chi connectivity index (χ1n) is 4.80. The summed E-state index contributed by atoms with van der Waals surface area (Å²) in [6.45, 7) is 4.50. The molecule has 0 aromatic heterocycles. The van der Waals surface area contributed by atoms with Crippen molar-refractivity contribution in [3.8, 4) is 0 Å². The zero-order valence-corrected chi connectivity index (χ0v) is 11.5. The van der Waals surface area contributed by atoms with Gasteiger partial charge in [0, 0.05) is 14.5 Å². The van der Waals surface area contributed by atoms with E-state index in [4.69, 9.17) is 0 Å². The van der Waals surface area contributed by atoms with Crippen LogP contribution in [0.25, 0.3) is 0 Å². The largest absolute Gasteiger partial charge is 0.378 e. The molecule has 0 bridgehead atoms. The first kappa shape index (κ1) is 10.5. The monoisotopic (exact) mass is 317 g/mol. The number of rotatable bonds is 1. The summed E-state index contributed by atoms with van der Waals surface area (Å²) >= 11 is 7.10. The maximum Gasteiger partial charge on any atom is 0.0523 e. The van der Waals surface area contributed by atoms with E-state index < -0.39 is 0 Å². The zero-order chi connectivity index (χ0) is 10.3. The number of fused-ring (bicyclic) bond motifs is 1. The van der Waals surface area contributed by atoms with Gasteiger partial charge in [-0.05, 0) is 53.4 Å². The molecule has 1 aromatic rings. The Kier molecular flexibility index (Phi) is 2.64. The van der Waals surface area contributed by atoms with Gasteiger partial charge in [0.1, 0.15) is 0 Å². The van der Waals surface area contributed by atoms with E-state index in [1.165, 1.54) is 11.3 Å². The summed E-state index contributed by atoms with van der Waals surface area (Å²) in [6, 6.07) is 4.29. The Labute approximate surface area is 102 Å². The second-order valence-electron chi connectivity index (χ2n) is 4.14. The topological polar surface area (TPSA) is 12.0 Å². The number of hydrogen-bond donors (Lipinski definition) is 1. The average Bonchev–Trinajstić information content (AvgIpc) is 2.43. The standard InChI is InChI=1S/C11H13Br2N/c1-3-11(2)6-7-4-8(12)5-9(13)10(7)14-11/h4-5,14H,3,6H2,1-2H3. The van der Waals surface area contributed by atoms with E-state index in [0.29, 0.717) is 0 Å². The van der Waals surface area contributed by atoms with E-state index in [0.717, 1.165) is 21.8 Å². The molecule has 2 rings (SSSR count). The fourth-order valence-corrected chi connectivity index (χ4v) is 3.30. The Balaban J connectivity index is 2.44.